The Morgan fingerprint density at radius 2 is 2.00 bits per heavy atom. The number of anilines is 1. The van der Waals surface area contributed by atoms with Crippen LogP contribution in [0.2, 0.25) is 0 Å². The molecule has 1 fully saturated rings. The molecule has 124 valence electrons. The fraction of sp³-hybridized carbons (Fsp3) is 0.250. The Hall–Kier alpha value is -2.53. The Morgan fingerprint density at radius 3 is 2.80 bits per heavy atom. The van der Waals surface area contributed by atoms with E-state index in [1.54, 1.807) is 35.9 Å². The second-order valence-electron chi connectivity index (χ2n) is 6.63. The maximum atomic E-state index is 12.7. The summed E-state index contributed by atoms with van der Waals surface area (Å²) in [6, 6.07) is 9.88. The zero-order valence-electron chi connectivity index (χ0n) is 13.7. The second kappa shape index (κ2) is 5.77. The van der Waals surface area contributed by atoms with Gasteiger partial charge in [-0.3, -0.25) is 9.78 Å². The Kier molecular flexibility index (Phi) is 3.41. The monoisotopic (exact) mass is 347 g/mol. The maximum absolute atomic E-state index is 12.7. The van der Waals surface area contributed by atoms with Crippen LogP contribution in [0.3, 0.4) is 0 Å². The van der Waals surface area contributed by atoms with E-state index in [0.29, 0.717) is 11.5 Å². The van der Waals surface area contributed by atoms with Crippen molar-refractivity contribution >= 4 is 22.9 Å². The highest BCUT2D eigenvalue weighted by atomic mass is 32.1. The number of rotatable bonds is 3. The summed E-state index contributed by atoms with van der Waals surface area (Å²) >= 11 is 1.77. The van der Waals surface area contributed by atoms with Crippen molar-refractivity contribution in [1.82, 2.24) is 9.97 Å². The predicted octanol–water partition coefficient (Wildman–Crippen LogP) is 4.29. The van der Waals surface area contributed by atoms with Gasteiger partial charge in [0, 0.05) is 47.1 Å². The average Bonchev–Trinajstić information content (AvgIpc) is 3.24. The van der Waals surface area contributed by atoms with Crippen molar-refractivity contribution in [2.45, 2.75) is 25.2 Å². The van der Waals surface area contributed by atoms with Gasteiger partial charge in [-0.25, -0.2) is 4.98 Å². The molecular formula is C20H17N3OS. The average molecular weight is 347 g/mol. The first-order valence-corrected chi connectivity index (χ1v) is 9.48. The van der Waals surface area contributed by atoms with E-state index in [-0.39, 0.29) is 5.91 Å². The standard InChI is InChI=1S/C20H17N3OS/c24-20(14-5-8-21-9-6-14)23-10-7-16-11-15(3-4-18(16)23)17-12-25-19(22-17)13-1-2-13/h3-6,8-9,11-13H,1-2,7,10H2. The van der Waals surface area contributed by atoms with Crippen LogP contribution >= 0.6 is 11.3 Å². The molecule has 1 amide bonds. The first-order chi connectivity index (χ1) is 12.3. The van der Waals surface area contributed by atoms with Crippen molar-refractivity contribution in [2.24, 2.45) is 0 Å². The van der Waals surface area contributed by atoms with Crippen molar-refractivity contribution in [1.29, 1.82) is 0 Å². The number of amides is 1. The van der Waals surface area contributed by atoms with Crippen molar-refractivity contribution in [2.75, 3.05) is 11.4 Å². The number of pyridine rings is 1. The summed E-state index contributed by atoms with van der Waals surface area (Å²) in [5.74, 6) is 0.736. The molecule has 0 atom stereocenters. The van der Waals surface area contributed by atoms with Crippen molar-refractivity contribution in [3.63, 3.8) is 0 Å². The fourth-order valence-corrected chi connectivity index (χ4v) is 4.36. The lowest BCUT2D eigenvalue weighted by molar-refractivity contribution is 0.0989. The van der Waals surface area contributed by atoms with Crippen LogP contribution in [0.1, 0.15) is 39.7 Å². The van der Waals surface area contributed by atoms with E-state index in [0.717, 1.165) is 29.9 Å². The van der Waals surface area contributed by atoms with E-state index in [2.05, 4.69) is 28.6 Å². The molecule has 2 aliphatic rings. The van der Waals surface area contributed by atoms with Crippen LogP contribution in [-0.4, -0.2) is 22.4 Å². The summed E-state index contributed by atoms with van der Waals surface area (Å²) in [6.07, 6.45) is 6.77. The number of carbonyl (C=O) groups is 1. The first kappa shape index (κ1) is 14.8. The van der Waals surface area contributed by atoms with Gasteiger partial charge in [-0.2, -0.15) is 0 Å². The molecule has 4 nitrogen and oxygen atoms in total. The number of nitrogens with zero attached hydrogens (tertiary/aromatic N) is 3. The number of hydrogen-bond donors (Lipinski definition) is 0. The number of fused-ring (bicyclic) bond motifs is 1. The van der Waals surface area contributed by atoms with E-state index >= 15 is 0 Å². The fourth-order valence-electron chi connectivity index (χ4n) is 3.36. The van der Waals surface area contributed by atoms with Crippen molar-refractivity contribution < 1.29 is 4.79 Å². The maximum Gasteiger partial charge on any atom is 0.258 e. The minimum absolute atomic E-state index is 0.0403. The molecule has 5 heteroatoms. The molecule has 3 heterocycles. The molecule has 0 saturated heterocycles. The summed E-state index contributed by atoms with van der Waals surface area (Å²) in [7, 11) is 0. The molecule has 5 rings (SSSR count). The van der Waals surface area contributed by atoms with Crippen LogP contribution in [0.4, 0.5) is 5.69 Å². The van der Waals surface area contributed by atoms with Gasteiger partial charge in [0.15, 0.2) is 0 Å². The molecule has 3 aromatic rings. The largest absolute Gasteiger partial charge is 0.308 e. The third kappa shape index (κ3) is 2.65. The van der Waals surface area contributed by atoms with E-state index in [4.69, 9.17) is 4.98 Å². The molecule has 2 aromatic heterocycles. The molecule has 1 saturated carbocycles. The molecule has 25 heavy (non-hydrogen) atoms. The summed E-state index contributed by atoms with van der Waals surface area (Å²) in [6.45, 7) is 0.727. The highest BCUT2D eigenvalue weighted by Gasteiger charge is 2.28. The third-order valence-corrected chi connectivity index (χ3v) is 5.90. The van der Waals surface area contributed by atoms with Gasteiger partial charge < -0.3 is 4.90 Å². The van der Waals surface area contributed by atoms with Gasteiger partial charge in [-0.05, 0) is 49.1 Å². The molecule has 0 spiro atoms. The van der Waals surface area contributed by atoms with Gasteiger partial charge in [0.2, 0.25) is 0 Å². The summed E-state index contributed by atoms with van der Waals surface area (Å²) in [4.78, 5) is 23.4. The summed E-state index contributed by atoms with van der Waals surface area (Å²) in [5.41, 5.74) is 5.14. The van der Waals surface area contributed by atoms with Gasteiger partial charge >= 0.3 is 0 Å². The second-order valence-corrected chi connectivity index (χ2v) is 7.52. The highest BCUT2D eigenvalue weighted by molar-refractivity contribution is 7.10. The van der Waals surface area contributed by atoms with Crippen LogP contribution < -0.4 is 4.90 Å². The van der Waals surface area contributed by atoms with Gasteiger partial charge in [-0.1, -0.05) is 6.07 Å². The number of thiazole rings is 1. The zero-order valence-corrected chi connectivity index (χ0v) is 14.5. The third-order valence-electron chi connectivity index (χ3n) is 4.89. The van der Waals surface area contributed by atoms with Crippen LogP contribution in [0.25, 0.3) is 11.3 Å². The molecule has 0 unspecified atom stereocenters. The van der Waals surface area contributed by atoms with E-state index in [1.165, 1.54) is 23.4 Å². The topological polar surface area (TPSA) is 46.1 Å². The summed E-state index contributed by atoms with van der Waals surface area (Å²) < 4.78 is 0. The van der Waals surface area contributed by atoms with Crippen LogP contribution in [0, 0.1) is 0 Å². The zero-order chi connectivity index (χ0) is 16.8. The molecule has 0 radical (unpaired) electrons. The Labute approximate surface area is 150 Å². The Balaban J connectivity index is 1.44. The van der Waals surface area contributed by atoms with Crippen LogP contribution in [0.15, 0.2) is 48.1 Å². The van der Waals surface area contributed by atoms with Gasteiger partial charge in [-0.15, -0.1) is 11.3 Å². The van der Waals surface area contributed by atoms with Gasteiger partial charge in [0.1, 0.15) is 0 Å². The van der Waals surface area contributed by atoms with Gasteiger partial charge in [0.05, 0.1) is 10.7 Å². The first-order valence-electron chi connectivity index (χ1n) is 8.60. The highest BCUT2D eigenvalue weighted by Crippen LogP contribution is 2.43. The van der Waals surface area contributed by atoms with E-state index in [9.17, 15) is 4.79 Å². The lowest BCUT2D eigenvalue weighted by Gasteiger charge is -2.17. The predicted molar refractivity (Wildman–Crippen MR) is 99.1 cm³/mol. The van der Waals surface area contributed by atoms with Crippen molar-refractivity contribution in [3.05, 3.63) is 64.2 Å². The SMILES string of the molecule is O=C(c1ccncc1)N1CCc2cc(-c3csc(C4CC4)n3)ccc21. The van der Waals surface area contributed by atoms with E-state index < -0.39 is 0 Å². The quantitative estimate of drug-likeness (QED) is 0.710. The van der Waals surface area contributed by atoms with Crippen LogP contribution in [-0.2, 0) is 6.42 Å². The number of carbonyl (C=O) groups excluding carboxylic acids is 1. The number of hydrogen-bond acceptors (Lipinski definition) is 4. The lowest BCUT2D eigenvalue weighted by Crippen LogP contribution is -2.28. The number of aromatic nitrogens is 2. The number of benzene rings is 1. The van der Waals surface area contributed by atoms with Crippen LogP contribution in [0.5, 0.6) is 0 Å². The molecule has 0 N–H and O–H groups in total. The molecule has 1 aromatic carbocycles. The lowest BCUT2D eigenvalue weighted by atomic mass is 10.1. The smallest absolute Gasteiger partial charge is 0.258 e. The minimum Gasteiger partial charge on any atom is -0.308 e. The normalized spacial score (nSPS) is 16.1. The Bertz CT molecular complexity index is 947. The van der Waals surface area contributed by atoms with Crippen molar-refractivity contribution in [3.8, 4) is 11.3 Å². The summed E-state index contributed by atoms with van der Waals surface area (Å²) in [5, 5.41) is 3.43. The molecule has 1 aliphatic heterocycles. The molecular weight excluding hydrogens is 330 g/mol. The minimum atomic E-state index is 0.0403. The molecule has 0 bridgehead atoms. The van der Waals surface area contributed by atoms with E-state index in [1.807, 2.05) is 4.90 Å². The Morgan fingerprint density at radius 1 is 1.16 bits per heavy atom. The van der Waals surface area contributed by atoms with Gasteiger partial charge in [0.25, 0.3) is 5.91 Å². The molecule has 1 aliphatic carbocycles.